The normalized spacial score (nSPS) is 20.7. The molecule has 2 heterocycles. The van der Waals surface area contributed by atoms with Gasteiger partial charge >= 0.3 is 0 Å². The van der Waals surface area contributed by atoms with E-state index in [1.54, 1.807) is 24.5 Å². The Hall–Kier alpha value is -1.45. The fourth-order valence-electron chi connectivity index (χ4n) is 2.12. The zero-order chi connectivity index (χ0) is 13.0. The van der Waals surface area contributed by atoms with Crippen LogP contribution in [0.4, 0.5) is 0 Å². The average Bonchev–Trinajstić information content (AvgIpc) is 2.87. The van der Waals surface area contributed by atoms with Gasteiger partial charge in [-0.05, 0) is 37.0 Å². The quantitative estimate of drug-likeness (QED) is 0.812. The van der Waals surface area contributed by atoms with E-state index >= 15 is 0 Å². The molecule has 6 heteroatoms. The van der Waals surface area contributed by atoms with Crippen molar-refractivity contribution in [3.05, 3.63) is 30.1 Å². The first-order valence-electron chi connectivity index (χ1n) is 5.91. The molecule has 1 aromatic rings. The number of hydrogen-bond donors (Lipinski definition) is 0. The number of hydrogen-bond acceptors (Lipinski definition) is 4. The molecule has 1 fully saturated rings. The lowest BCUT2D eigenvalue weighted by Crippen LogP contribution is -2.36. The number of nitriles is 1. The van der Waals surface area contributed by atoms with Crippen LogP contribution in [0, 0.1) is 11.3 Å². The van der Waals surface area contributed by atoms with Crippen LogP contribution < -0.4 is 0 Å². The van der Waals surface area contributed by atoms with Gasteiger partial charge in [-0.15, -0.1) is 0 Å². The number of rotatable bonds is 4. The summed E-state index contributed by atoms with van der Waals surface area (Å²) >= 11 is 0. The Kier molecular flexibility index (Phi) is 3.94. The fourth-order valence-corrected chi connectivity index (χ4v) is 3.79. The van der Waals surface area contributed by atoms with E-state index in [-0.39, 0.29) is 5.75 Å². The standard InChI is InChI=1S/C12H15N3O2S/c13-10-12-2-1-8-15(12)18(16,17)9-5-11-3-6-14-7-4-11/h3-4,6-7,12H,1-2,5,8-9H2. The molecule has 0 N–H and O–H groups in total. The van der Waals surface area contributed by atoms with E-state index in [0.717, 1.165) is 12.0 Å². The van der Waals surface area contributed by atoms with Crippen molar-refractivity contribution in [2.45, 2.75) is 25.3 Å². The predicted octanol–water partition coefficient (Wildman–Crippen LogP) is 0.942. The highest BCUT2D eigenvalue weighted by molar-refractivity contribution is 7.89. The SMILES string of the molecule is N#CC1CCCN1S(=O)(=O)CCc1ccncc1. The van der Waals surface area contributed by atoms with Crippen LogP contribution in [0.2, 0.25) is 0 Å². The summed E-state index contributed by atoms with van der Waals surface area (Å²) < 4.78 is 25.6. The van der Waals surface area contributed by atoms with Gasteiger partial charge in [0.25, 0.3) is 0 Å². The maximum absolute atomic E-state index is 12.1. The lowest BCUT2D eigenvalue weighted by atomic mass is 10.2. The summed E-state index contributed by atoms with van der Waals surface area (Å²) in [4.78, 5) is 3.89. The molecule has 0 aliphatic carbocycles. The fraction of sp³-hybridized carbons (Fsp3) is 0.500. The second kappa shape index (κ2) is 5.46. The van der Waals surface area contributed by atoms with Crippen LogP contribution in [0.5, 0.6) is 0 Å². The summed E-state index contributed by atoms with van der Waals surface area (Å²) in [6.07, 6.45) is 5.17. The highest BCUT2D eigenvalue weighted by Gasteiger charge is 2.33. The van der Waals surface area contributed by atoms with Crippen molar-refractivity contribution >= 4 is 10.0 Å². The van der Waals surface area contributed by atoms with Crippen molar-refractivity contribution in [1.82, 2.24) is 9.29 Å². The number of pyridine rings is 1. The molecule has 5 nitrogen and oxygen atoms in total. The minimum Gasteiger partial charge on any atom is -0.265 e. The summed E-state index contributed by atoms with van der Waals surface area (Å²) in [6.45, 7) is 0.469. The third kappa shape index (κ3) is 2.86. The van der Waals surface area contributed by atoms with Gasteiger partial charge in [0.1, 0.15) is 6.04 Å². The van der Waals surface area contributed by atoms with Gasteiger partial charge in [-0.25, -0.2) is 8.42 Å². The molecule has 1 aliphatic heterocycles. The Bertz CT molecular complexity index is 536. The molecule has 2 rings (SSSR count). The van der Waals surface area contributed by atoms with E-state index in [1.165, 1.54) is 4.31 Å². The second-order valence-electron chi connectivity index (χ2n) is 4.32. The molecule has 0 bridgehead atoms. The van der Waals surface area contributed by atoms with Gasteiger partial charge in [0.2, 0.25) is 10.0 Å². The van der Waals surface area contributed by atoms with Crippen LogP contribution in [0.1, 0.15) is 18.4 Å². The Balaban J connectivity index is 2.02. The summed E-state index contributed by atoms with van der Waals surface area (Å²) in [5, 5.41) is 8.92. The highest BCUT2D eigenvalue weighted by Crippen LogP contribution is 2.21. The molecule has 0 saturated carbocycles. The summed E-state index contributed by atoms with van der Waals surface area (Å²) in [7, 11) is -3.33. The van der Waals surface area contributed by atoms with Gasteiger partial charge < -0.3 is 0 Å². The van der Waals surface area contributed by atoms with Crippen molar-refractivity contribution < 1.29 is 8.42 Å². The highest BCUT2D eigenvalue weighted by atomic mass is 32.2. The maximum atomic E-state index is 12.1. The summed E-state index contributed by atoms with van der Waals surface area (Å²) in [5.41, 5.74) is 0.946. The molecule has 1 saturated heterocycles. The zero-order valence-electron chi connectivity index (χ0n) is 9.99. The maximum Gasteiger partial charge on any atom is 0.215 e. The van der Waals surface area contributed by atoms with Gasteiger partial charge in [0.15, 0.2) is 0 Å². The van der Waals surface area contributed by atoms with Crippen LogP contribution in [-0.2, 0) is 16.4 Å². The van der Waals surface area contributed by atoms with Crippen LogP contribution in [0.25, 0.3) is 0 Å². The molecule has 0 amide bonds. The van der Waals surface area contributed by atoms with E-state index in [0.29, 0.717) is 19.4 Å². The minimum absolute atomic E-state index is 0.0508. The van der Waals surface area contributed by atoms with E-state index < -0.39 is 16.1 Å². The van der Waals surface area contributed by atoms with Gasteiger partial charge in [-0.2, -0.15) is 9.57 Å². The molecule has 1 aliphatic rings. The van der Waals surface area contributed by atoms with Gasteiger partial charge in [-0.3, -0.25) is 4.98 Å². The Morgan fingerprint density at radius 2 is 2.17 bits per heavy atom. The Morgan fingerprint density at radius 1 is 1.44 bits per heavy atom. The van der Waals surface area contributed by atoms with Crippen molar-refractivity contribution in [3.8, 4) is 6.07 Å². The molecule has 18 heavy (non-hydrogen) atoms. The van der Waals surface area contributed by atoms with Crippen LogP contribution in [0.3, 0.4) is 0 Å². The third-order valence-electron chi connectivity index (χ3n) is 3.11. The number of aryl methyl sites for hydroxylation is 1. The summed E-state index contributed by atoms with van der Waals surface area (Å²) in [5.74, 6) is 0.0508. The van der Waals surface area contributed by atoms with E-state index in [2.05, 4.69) is 11.1 Å². The first-order valence-corrected chi connectivity index (χ1v) is 7.52. The van der Waals surface area contributed by atoms with E-state index in [1.807, 2.05) is 0 Å². The smallest absolute Gasteiger partial charge is 0.215 e. The first kappa shape index (κ1) is 13.0. The average molecular weight is 265 g/mol. The topological polar surface area (TPSA) is 74.1 Å². The Morgan fingerprint density at radius 3 is 2.83 bits per heavy atom. The molecule has 1 aromatic heterocycles. The first-order chi connectivity index (χ1) is 8.63. The van der Waals surface area contributed by atoms with E-state index in [9.17, 15) is 8.42 Å². The van der Waals surface area contributed by atoms with Crippen LogP contribution in [0.15, 0.2) is 24.5 Å². The molecule has 0 aromatic carbocycles. The summed E-state index contributed by atoms with van der Waals surface area (Å²) in [6, 6.07) is 5.19. The molecule has 1 unspecified atom stereocenters. The van der Waals surface area contributed by atoms with Crippen molar-refractivity contribution in [2.24, 2.45) is 0 Å². The molecule has 1 atom stereocenters. The number of nitrogens with zero attached hydrogens (tertiary/aromatic N) is 3. The Labute approximate surface area is 107 Å². The predicted molar refractivity (Wildman–Crippen MR) is 67.1 cm³/mol. The second-order valence-corrected chi connectivity index (χ2v) is 6.36. The number of sulfonamides is 1. The third-order valence-corrected chi connectivity index (χ3v) is 4.98. The van der Waals surface area contributed by atoms with E-state index in [4.69, 9.17) is 5.26 Å². The van der Waals surface area contributed by atoms with Crippen molar-refractivity contribution in [2.75, 3.05) is 12.3 Å². The van der Waals surface area contributed by atoms with Gasteiger partial charge in [0.05, 0.1) is 11.8 Å². The van der Waals surface area contributed by atoms with Gasteiger partial charge in [-0.1, -0.05) is 0 Å². The van der Waals surface area contributed by atoms with Crippen molar-refractivity contribution in [1.29, 1.82) is 5.26 Å². The van der Waals surface area contributed by atoms with Crippen LogP contribution in [-0.4, -0.2) is 36.0 Å². The molecule has 96 valence electrons. The monoisotopic (exact) mass is 265 g/mol. The molecule has 0 spiro atoms. The lowest BCUT2D eigenvalue weighted by Gasteiger charge is -2.18. The largest absolute Gasteiger partial charge is 0.265 e. The lowest BCUT2D eigenvalue weighted by molar-refractivity contribution is 0.437. The minimum atomic E-state index is -3.33. The molecule has 0 radical (unpaired) electrons. The van der Waals surface area contributed by atoms with Gasteiger partial charge in [0, 0.05) is 18.9 Å². The molecular formula is C12H15N3O2S. The molecular weight excluding hydrogens is 250 g/mol. The van der Waals surface area contributed by atoms with Crippen LogP contribution >= 0.6 is 0 Å². The van der Waals surface area contributed by atoms with Crippen molar-refractivity contribution in [3.63, 3.8) is 0 Å². The zero-order valence-corrected chi connectivity index (χ0v) is 10.8. The number of aromatic nitrogens is 1.